The third-order valence-electron chi connectivity index (χ3n) is 1.22. The molecule has 0 unspecified atom stereocenters. The molecule has 0 saturated carbocycles. The van der Waals surface area contributed by atoms with Crippen LogP contribution in [0.3, 0.4) is 0 Å². The molecule has 6 heteroatoms. The fourth-order valence-electron chi connectivity index (χ4n) is 0.715. The van der Waals surface area contributed by atoms with Crippen molar-refractivity contribution in [3.63, 3.8) is 0 Å². The van der Waals surface area contributed by atoms with Crippen LogP contribution in [-0.2, 0) is 9.15 Å². The van der Waals surface area contributed by atoms with Crippen molar-refractivity contribution in [1.29, 1.82) is 0 Å². The second-order valence-electron chi connectivity index (χ2n) is 2.32. The van der Waals surface area contributed by atoms with E-state index in [0.29, 0.717) is 15.7 Å². The number of benzene rings is 1. The molecular weight excluding hydrogens is 219 g/mol. The quantitative estimate of drug-likeness (QED) is 0.470. The first kappa shape index (κ1) is 13.5. The molecule has 0 fully saturated rings. The minimum absolute atomic E-state index is 0. The predicted molar refractivity (Wildman–Crippen MR) is 55.7 cm³/mol. The Morgan fingerprint density at radius 2 is 1.69 bits per heavy atom. The maximum atomic E-state index is 10.4. The van der Waals surface area contributed by atoms with E-state index in [1.807, 2.05) is 6.92 Å². The Morgan fingerprint density at radius 1 is 1.23 bits per heavy atom. The molecule has 0 heterocycles. The summed E-state index contributed by atoms with van der Waals surface area (Å²) in [5.74, 6) is 0. The Labute approximate surface area is 103 Å². The van der Waals surface area contributed by atoms with E-state index in [2.05, 4.69) is 0 Å². The molecule has 13 heavy (non-hydrogen) atoms. The molecule has 68 valence electrons. The van der Waals surface area contributed by atoms with Gasteiger partial charge >= 0.3 is 38.7 Å². The zero-order valence-electron chi connectivity index (χ0n) is 6.39. The van der Waals surface area contributed by atoms with Crippen LogP contribution in [0.1, 0.15) is 5.56 Å². The van der Waals surface area contributed by atoms with Gasteiger partial charge in [-0.15, -0.1) is 0 Å². The van der Waals surface area contributed by atoms with Crippen molar-refractivity contribution in [3.05, 3.63) is 29.8 Å². The van der Waals surface area contributed by atoms with Gasteiger partial charge in [0.15, 0.2) is 0 Å². The van der Waals surface area contributed by atoms with E-state index in [9.17, 15) is 8.42 Å². The molecule has 0 bridgehead atoms. The molecule has 0 aliphatic heterocycles. The third kappa shape index (κ3) is 5.72. The zero-order valence-corrected chi connectivity index (χ0v) is 8.02. The summed E-state index contributed by atoms with van der Waals surface area (Å²) in [6.07, 6.45) is 0. The van der Waals surface area contributed by atoms with Gasteiger partial charge in [0, 0.05) is 15.7 Å². The number of hydrogen-bond donors (Lipinski definition) is 1. The van der Waals surface area contributed by atoms with Crippen molar-refractivity contribution in [2.75, 3.05) is 0 Å². The summed E-state index contributed by atoms with van der Waals surface area (Å²) in [4.78, 5) is 0.517. The minimum atomic E-state index is -3.97. The number of aryl methyl sites for hydroxylation is 1. The molecule has 0 spiro atoms. The Hall–Kier alpha value is 0.480. The Bertz CT molecular complexity index is 358. The van der Waals surface area contributed by atoms with Crippen LogP contribution in [0.15, 0.2) is 29.2 Å². The van der Waals surface area contributed by atoms with Gasteiger partial charge < -0.3 is 0 Å². The summed E-state index contributed by atoms with van der Waals surface area (Å²) in [6.45, 7) is 1.90. The first-order valence-corrected chi connectivity index (χ1v) is 5.98. The second-order valence-corrected chi connectivity index (χ2v) is 5.58. The Morgan fingerprint density at radius 3 is 2.08 bits per heavy atom. The molecule has 3 nitrogen and oxygen atoms in total. The van der Waals surface area contributed by atoms with Gasteiger partial charge in [-0.1, -0.05) is 17.7 Å². The van der Waals surface area contributed by atoms with Crippen LogP contribution in [0.5, 0.6) is 0 Å². The van der Waals surface area contributed by atoms with Crippen LogP contribution in [0, 0.1) is 6.92 Å². The molecule has 0 aromatic heterocycles. The van der Waals surface area contributed by atoms with Crippen LogP contribution in [0.4, 0.5) is 0 Å². The van der Waals surface area contributed by atoms with E-state index in [-0.39, 0.29) is 29.6 Å². The fourth-order valence-corrected chi connectivity index (χ4v) is 2.27. The van der Waals surface area contributed by atoms with Crippen molar-refractivity contribution >= 4 is 49.5 Å². The van der Waals surface area contributed by atoms with Crippen molar-refractivity contribution in [1.82, 2.24) is 0 Å². The maximum absolute atomic E-state index is 10.4. The average Bonchev–Trinajstić information content (AvgIpc) is 1.91. The summed E-state index contributed by atoms with van der Waals surface area (Å²) in [6, 6.07) is 6.86. The average molecular weight is 228 g/mol. The fraction of sp³-hybridized carbons (Fsp3) is 0.143. The SMILES string of the molecule is Cc1ccc(SS(=O)(=O)O)cc1.[NaH]. The molecule has 0 amide bonds. The van der Waals surface area contributed by atoms with Crippen molar-refractivity contribution < 1.29 is 13.0 Å². The molecule has 0 saturated heterocycles. The van der Waals surface area contributed by atoms with Crippen LogP contribution < -0.4 is 0 Å². The first-order chi connectivity index (χ1) is 5.47. The van der Waals surface area contributed by atoms with E-state index in [1.54, 1.807) is 24.3 Å². The summed E-state index contributed by atoms with van der Waals surface area (Å²) < 4.78 is 29.3. The van der Waals surface area contributed by atoms with E-state index in [1.165, 1.54) is 0 Å². The topological polar surface area (TPSA) is 54.4 Å². The molecule has 1 N–H and O–H groups in total. The normalized spacial score (nSPS) is 10.6. The van der Waals surface area contributed by atoms with Gasteiger partial charge in [-0.05, 0) is 19.1 Å². The van der Waals surface area contributed by atoms with E-state index >= 15 is 0 Å². The van der Waals surface area contributed by atoms with E-state index in [0.717, 1.165) is 5.56 Å². The van der Waals surface area contributed by atoms with E-state index in [4.69, 9.17) is 4.55 Å². The molecule has 0 atom stereocenters. The summed E-state index contributed by atoms with van der Waals surface area (Å²) in [7, 11) is -3.54. The Balaban J connectivity index is 0.00000144. The van der Waals surface area contributed by atoms with Gasteiger partial charge in [0.1, 0.15) is 0 Å². The molecule has 1 aromatic rings. The molecule has 1 aromatic carbocycles. The van der Waals surface area contributed by atoms with Crippen LogP contribution in [-0.4, -0.2) is 42.5 Å². The van der Waals surface area contributed by atoms with Gasteiger partial charge in [-0.3, -0.25) is 4.55 Å². The van der Waals surface area contributed by atoms with Crippen molar-refractivity contribution in [2.24, 2.45) is 0 Å². The number of rotatable bonds is 2. The van der Waals surface area contributed by atoms with Crippen molar-refractivity contribution in [2.45, 2.75) is 11.8 Å². The molecule has 0 radical (unpaired) electrons. The third-order valence-corrected chi connectivity index (χ3v) is 3.11. The Kier molecular flexibility index (Phi) is 5.58. The molecule has 1 rings (SSSR count). The first-order valence-electron chi connectivity index (χ1n) is 3.21. The molecule has 0 aliphatic rings. The monoisotopic (exact) mass is 228 g/mol. The van der Waals surface area contributed by atoms with E-state index < -0.39 is 9.15 Å². The van der Waals surface area contributed by atoms with Crippen molar-refractivity contribution in [3.8, 4) is 0 Å². The van der Waals surface area contributed by atoms with Crippen LogP contribution in [0.25, 0.3) is 0 Å². The van der Waals surface area contributed by atoms with Gasteiger partial charge in [-0.2, -0.15) is 8.42 Å². The van der Waals surface area contributed by atoms with Gasteiger partial charge in [0.25, 0.3) is 0 Å². The second kappa shape index (κ2) is 5.38. The summed E-state index contributed by atoms with van der Waals surface area (Å²) in [5.41, 5.74) is 1.05. The van der Waals surface area contributed by atoms with Crippen LogP contribution >= 0.6 is 10.8 Å². The number of hydrogen-bond acceptors (Lipinski definition) is 3. The standard InChI is InChI=1S/C7H8O3S2.Na.H/c1-6-2-4-7(5-3-6)11-12(8,9)10;;/h2-5H,1H3,(H,8,9,10);;. The zero-order chi connectivity index (χ0) is 9.19. The molecular formula is C7H9NaO3S2. The summed E-state index contributed by atoms with van der Waals surface area (Å²) in [5, 5.41) is 0. The molecule has 0 aliphatic carbocycles. The van der Waals surface area contributed by atoms with Gasteiger partial charge in [0.05, 0.1) is 0 Å². The summed E-state index contributed by atoms with van der Waals surface area (Å²) >= 11 is 0. The van der Waals surface area contributed by atoms with Gasteiger partial charge in [0.2, 0.25) is 0 Å². The predicted octanol–water partition coefficient (Wildman–Crippen LogP) is 1.24. The van der Waals surface area contributed by atoms with Crippen LogP contribution in [0.2, 0.25) is 0 Å². The van der Waals surface area contributed by atoms with Gasteiger partial charge in [-0.25, -0.2) is 0 Å².